The molecular weight excluding hydrogens is 184 g/mol. The van der Waals surface area contributed by atoms with E-state index in [4.69, 9.17) is 5.73 Å². The zero-order chi connectivity index (χ0) is 10.7. The molecule has 1 aromatic carbocycles. The minimum absolute atomic E-state index is 0.204. The highest BCUT2D eigenvalue weighted by Gasteiger charge is 2.18. The Morgan fingerprint density at radius 2 is 2.13 bits per heavy atom. The summed E-state index contributed by atoms with van der Waals surface area (Å²) in [6, 6.07) is 8.80. The minimum Gasteiger partial charge on any atom is -0.324 e. The fourth-order valence-corrected chi connectivity index (χ4v) is 2.22. The molecular formula is C13H20N2. The van der Waals surface area contributed by atoms with E-state index in [-0.39, 0.29) is 6.04 Å². The summed E-state index contributed by atoms with van der Waals surface area (Å²) in [7, 11) is 0. The molecule has 0 spiro atoms. The first-order chi connectivity index (χ1) is 7.25. The Kier molecular flexibility index (Phi) is 3.39. The summed E-state index contributed by atoms with van der Waals surface area (Å²) >= 11 is 0. The molecule has 1 aromatic rings. The fraction of sp³-hybridized carbons (Fsp3) is 0.538. The molecule has 1 saturated heterocycles. The fourth-order valence-electron chi connectivity index (χ4n) is 2.22. The summed E-state index contributed by atoms with van der Waals surface area (Å²) in [5.74, 6) is 0.765. The van der Waals surface area contributed by atoms with Crippen LogP contribution in [0.5, 0.6) is 0 Å². The Hall–Kier alpha value is -0.860. The first kappa shape index (κ1) is 10.7. The van der Waals surface area contributed by atoms with Crippen LogP contribution in [-0.2, 0) is 0 Å². The highest BCUT2D eigenvalue weighted by Crippen LogP contribution is 2.22. The van der Waals surface area contributed by atoms with E-state index >= 15 is 0 Å². The second-order valence-corrected chi connectivity index (χ2v) is 4.61. The molecule has 0 aliphatic carbocycles. The van der Waals surface area contributed by atoms with E-state index in [0.29, 0.717) is 0 Å². The lowest BCUT2D eigenvalue weighted by Gasteiger charge is -2.16. The Morgan fingerprint density at radius 3 is 2.73 bits per heavy atom. The molecule has 2 heteroatoms. The Labute approximate surface area is 91.9 Å². The Morgan fingerprint density at radius 1 is 1.40 bits per heavy atom. The van der Waals surface area contributed by atoms with Gasteiger partial charge in [0.15, 0.2) is 0 Å². The van der Waals surface area contributed by atoms with Crippen LogP contribution in [0.2, 0.25) is 0 Å². The number of nitrogens with one attached hydrogen (secondary N) is 1. The number of nitrogens with two attached hydrogens (primary N) is 1. The molecule has 0 saturated carbocycles. The van der Waals surface area contributed by atoms with Crippen molar-refractivity contribution < 1.29 is 0 Å². The van der Waals surface area contributed by atoms with Crippen LogP contribution in [0, 0.1) is 12.8 Å². The van der Waals surface area contributed by atoms with Gasteiger partial charge in [0.2, 0.25) is 0 Å². The van der Waals surface area contributed by atoms with Crippen molar-refractivity contribution in [1.29, 1.82) is 0 Å². The number of hydrogen-bond donors (Lipinski definition) is 2. The van der Waals surface area contributed by atoms with E-state index in [1.807, 2.05) is 0 Å². The topological polar surface area (TPSA) is 38.0 Å². The molecule has 3 N–H and O–H groups in total. The summed E-state index contributed by atoms with van der Waals surface area (Å²) in [6.07, 6.45) is 2.38. The molecule has 0 amide bonds. The molecule has 0 bridgehead atoms. The van der Waals surface area contributed by atoms with E-state index in [2.05, 4.69) is 36.5 Å². The van der Waals surface area contributed by atoms with Gasteiger partial charge in [-0.05, 0) is 44.3 Å². The highest BCUT2D eigenvalue weighted by atomic mass is 14.9. The van der Waals surface area contributed by atoms with E-state index in [1.54, 1.807) is 0 Å². The smallest absolute Gasteiger partial charge is 0.0297 e. The first-order valence-electron chi connectivity index (χ1n) is 5.78. The third-order valence-corrected chi connectivity index (χ3v) is 3.26. The van der Waals surface area contributed by atoms with Gasteiger partial charge in [0.1, 0.15) is 0 Å². The minimum atomic E-state index is 0.204. The number of hydrogen-bond acceptors (Lipinski definition) is 2. The summed E-state index contributed by atoms with van der Waals surface area (Å²) in [4.78, 5) is 0. The van der Waals surface area contributed by atoms with Crippen LogP contribution in [0.25, 0.3) is 0 Å². The van der Waals surface area contributed by atoms with E-state index in [0.717, 1.165) is 25.4 Å². The molecule has 2 atom stereocenters. The summed E-state index contributed by atoms with van der Waals surface area (Å²) in [5.41, 5.74) is 8.77. The lowest BCUT2D eigenvalue weighted by molar-refractivity contribution is 0.473. The van der Waals surface area contributed by atoms with E-state index in [1.165, 1.54) is 17.5 Å². The van der Waals surface area contributed by atoms with Gasteiger partial charge in [0.25, 0.3) is 0 Å². The number of rotatable bonds is 3. The van der Waals surface area contributed by atoms with Crippen LogP contribution in [0.4, 0.5) is 0 Å². The van der Waals surface area contributed by atoms with Crippen molar-refractivity contribution in [3.05, 3.63) is 35.4 Å². The standard InChI is InChI=1S/C13H20N2/c1-10-2-4-12(5-3-10)13(14)8-11-6-7-15-9-11/h2-5,11,13,15H,6-9,14H2,1H3. The summed E-state index contributed by atoms with van der Waals surface area (Å²) in [5, 5.41) is 3.38. The van der Waals surface area contributed by atoms with Crippen molar-refractivity contribution in [3.63, 3.8) is 0 Å². The normalized spacial score (nSPS) is 22.9. The SMILES string of the molecule is Cc1ccc(C(N)CC2CCNC2)cc1. The van der Waals surface area contributed by atoms with Crippen molar-refractivity contribution in [2.75, 3.05) is 13.1 Å². The van der Waals surface area contributed by atoms with Crippen molar-refractivity contribution in [2.24, 2.45) is 11.7 Å². The van der Waals surface area contributed by atoms with Crippen LogP contribution in [0.1, 0.15) is 30.0 Å². The summed E-state index contributed by atoms with van der Waals surface area (Å²) < 4.78 is 0. The van der Waals surface area contributed by atoms with Gasteiger partial charge in [-0.25, -0.2) is 0 Å². The lowest BCUT2D eigenvalue weighted by Crippen LogP contribution is -2.17. The zero-order valence-corrected chi connectivity index (χ0v) is 9.37. The average Bonchev–Trinajstić information content (AvgIpc) is 2.71. The van der Waals surface area contributed by atoms with Gasteiger partial charge in [0.05, 0.1) is 0 Å². The van der Waals surface area contributed by atoms with Crippen LogP contribution in [0.3, 0.4) is 0 Å². The second-order valence-electron chi connectivity index (χ2n) is 4.61. The molecule has 15 heavy (non-hydrogen) atoms. The maximum Gasteiger partial charge on any atom is 0.0297 e. The van der Waals surface area contributed by atoms with Crippen LogP contribution in [0.15, 0.2) is 24.3 Å². The highest BCUT2D eigenvalue weighted by molar-refractivity contribution is 5.23. The Balaban J connectivity index is 1.94. The molecule has 2 rings (SSSR count). The van der Waals surface area contributed by atoms with Gasteiger partial charge in [-0.1, -0.05) is 29.8 Å². The van der Waals surface area contributed by atoms with Crippen LogP contribution in [-0.4, -0.2) is 13.1 Å². The third-order valence-electron chi connectivity index (χ3n) is 3.26. The molecule has 1 aliphatic rings. The monoisotopic (exact) mass is 204 g/mol. The van der Waals surface area contributed by atoms with E-state index < -0.39 is 0 Å². The molecule has 82 valence electrons. The molecule has 1 aliphatic heterocycles. The Bertz CT molecular complexity index is 299. The second kappa shape index (κ2) is 4.77. The van der Waals surface area contributed by atoms with Crippen molar-refractivity contribution >= 4 is 0 Å². The molecule has 0 radical (unpaired) electrons. The number of benzene rings is 1. The third kappa shape index (κ3) is 2.80. The zero-order valence-electron chi connectivity index (χ0n) is 9.37. The molecule has 2 unspecified atom stereocenters. The largest absolute Gasteiger partial charge is 0.324 e. The van der Waals surface area contributed by atoms with Gasteiger partial charge in [-0.15, -0.1) is 0 Å². The van der Waals surface area contributed by atoms with Gasteiger partial charge in [-0.3, -0.25) is 0 Å². The van der Waals surface area contributed by atoms with Crippen LogP contribution >= 0.6 is 0 Å². The number of aryl methyl sites for hydroxylation is 1. The van der Waals surface area contributed by atoms with Gasteiger partial charge in [0, 0.05) is 6.04 Å². The maximum absolute atomic E-state index is 6.20. The maximum atomic E-state index is 6.20. The molecule has 0 aromatic heterocycles. The van der Waals surface area contributed by atoms with Gasteiger partial charge >= 0.3 is 0 Å². The van der Waals surface area contributed by atoms with Gasteiger partial charge in [-0.2, -0.15) is 0 Å². The van der Waals surface area contributed by atoms with Crippen molar-refractivity contribution in [1.82, 2.24) is 5.32 Å². The molecule has 1 heterocycles. The van der Waals surface area contributed by atoms with Crippen molar-refractivity contribution in [3.8, 4) is 0 Å². The van der Waals surface area contributed by atoms with Gasteiger partial charge < -0.3 is 11.1 Å². The molecule has 1 fully saturated rings. The van der Waals surface area contributed by atoms with Crippen molar-refractivity contribution in [2.45, 2.75) is 25.8 Å². The predicted octanol–water partition coefficient (Wildman–Crippen LogP) is 1.99. The summed E-state index contributed by atoms with van der Waals surface area (Å²) in [6.45, 7) is 4.40. The predicted molar refractivity (Wildman–Crippen MR) is 63.7 cm³/mol. The molecule has 2 nitrogen and oxygen atoms in total. The average molecular weight is 204 g/mol. The quantitative estimate of drug-likeness (QED) is 0.790. The first-order valence-corrected chi connectivity index (χ1v) is 5.78. The van der Waals surface area contributed by atoms with Crippen LogP contribution < -0.4 is 11.1 Å². The van der Waals surface area contributed by atoms with E-state index in [9.17, 15) is 0 Å². The lowest BCUT2D eigenvalue weighted by atomic mass is 9.94.